The number of nitrogens with zero attached hydrogens (tertiary/aromatic N) is 1. The van der Waals surface area contributed by atoms with E-state index < -0.39 is 0 Å². The van der Waals surface area contributed by atoms with Crippen LogP contribution in [0.4, 0.5) is 0 Å². The number of hydrazone groups is 1. The van der Waals surface area contributed by atoms with Gasteiger partial charge in [0.05, 0.1) is 17.3 Å². The number of hydrogen-bond donors (Lipinski definition) is 1. The molecule has 6 heteroatoms. The zero-order valence-corrected chi connectivity index (χ0v) is 12.9. The molecule has 0 aromatic heterocycles. The van der Waals surface area contributed by atoms with Crippen LogP contribution < -0.4 is 14.9 Å². The topological polar surface area (TPSA) is 59.9 Å². The summed E-state index contributed by atoms with van der Waals surface area (Å²) in [5.74, 6) is 3.26. The molecule has 0 saturated carbocycles. The van der Waals surface area contributed by atoms with Crippen LogP contribution in [0.15, 0.2) is 21.7 Å². The van der Waals surface area contributed by atoms with Gasteiger partial charge in [0, 0.05) is 6.92 Å². The average Bonchev–Trinajstić information content (AvgIpc) is 2.38. The van der Waals surface area contributed by atoms with Gasteiger partial charge < -0.3 is 9.47 Å². The Morgan fingerprint density at radius 1 is 1.55 bits per heavy atom. The van der Waals surface area contributed by atoms with Gasteiger partial charge in [0.25, 0.3) is 0 Å². The summed E-state index contributed by atoms with van der Waals surface area (Å²) >= 11 is 3.40. The molecule has 1 aromatic rings. The van der Waals surface area contributed by atoms with Gasteiger partial charge in [-0.1, -0.05) is 5.92 Å². The van der Waals surface area contributed by atoms with Gasteiger partial charge >= 0.3 is 0 Å². The maximum atomic E-state index is 10.7. The first-order valence-corrected chi connectivity index (χ1v) is 6.70. The molecule has 0 radical (unpaired) electrons. The number of ether oxygens (including phenoxy) is 2. The fourth-order valence-electron chi connectivity index (χ4n) is 1.38. The lowest BCUT2D eigenvalue weighted by atomic mass is 10.2. The van der Waals surface area contributed by atoms with Crippen molar-refractivity contribution in [2.24, 2.45) is 5.10 Å². The second-order valence-corrected chi connectivity index (χ2v) is 4.54. The van der Waals surface area contributed by atoms with Crippen LogP contribution in [-0.2, 0) is 4.79 Å². The minimum atomic E-state index is -0.237. The van der Waals surface area contributed by atoms with Crippen molar-refractivity contribution in [2.45, 2.75) is 13.8 Å². The summed E-state index contributed by atoms with van der Waals surface area (Å²) in [4.78, 5) is 10.7. The molecule has 1 aromatic carbocycles. The molecule has 106 valence electrons. The quantitative estimate of drug-likeness (QED) is 0.492. The number of hydrogen-bond acceptors (Lipinski definition) is 4. The molecular weight excluding hydrogens is 324 g/mol. The standard InChI is InChI=1S/C14H15BrN2O3/c1-4-6-20-14-12(15)7-11(8-13(14)19-5-2)9-16-17-10(3)18/h1,7-9H,5-6H2,2-3H3,(H,17,18)/b16-9+. The van der Waals surface area contributed by atoms with Crippen LogP contribution in [0.5, 0.6) is 11.5 Å². The van der Waals surface area contributed by atoms with E-state index in [-0.39, 0.29) is 12.5 Å². The Hall–Kier alpha value is -2.00. The number of rotatable bonds is 6. The summed E-state index contributed by atoms with van der Waals surface area (Å²) in [6.45, 7) is 3.90. The smallest absolute Gasteiger partial charge is 0.236 e. The molecule has 0 spiro atoms. The van der Waals surface area contributed by atoms with E-state index in [1.165, 1.54) is 13.1 Å². The van der Waals surface area contributed by atoms with Crippen molar-refractivity contribution >= 4 is 28.1 Å². The van der Waals surface area contributed by atoms with Crippen LogP contribution in [0, 0.1) is 12.3 Å². The molecule has 1 N–H and O–H groups in total. The van der Waals surface area contributed by atoms with E-state index in [4.69, 9.17) is 15.9 Å². The first-order chi connectivity index (χ1) is 9.58. The highest BCUT2D eigenvalue weighted by molar-refractivity contribution is 9.10. The van der Waals surface area contributed by atoms with Crippen LogP contribution in [0.1, 0.15) is 19.4 Å². The molecular formula is C14H15BrN2O3. The van der Waals surface area contributed by atoms with Crippen molar-refractivity contribution in [1.82, 2.24) is 5.43 Å². The molecule has 0 aliphatic heterocycles. The Labute approximate surface area is 126 Å². The Kier molecular flexibility index (Phi) is 6.60. The van der Waals surface area contributed by atoms with E-state index in [1.807, 2.05) is 6.92 Å². The van der Waals surface area contributed by atoms with Crippen LogP contribution in [0.2, 0.25) is 0 Å². The van der Waals surface area contributed by atoms with Crippen LogP contribution in [0.3, 0.4) is 0 Å². The second kappa shape index (κ2) is 8.23. The highest BCUT2D eigenvalue weighted by Gasteiger charge is 2.11. The summed E-state index contributed by atoms with van der Waals surface area (Å²) in [7, 11) is 0. The molecule has 0 aliphatic rings. The van der Waals surface area contributed by atoms with Crippen molar-refractivity contribution in [3.05, 3.63) is 22.2 Å². The predicted molar refractivity (Wildman–Crippen MR) is 81.0 cm³/mol. The summed E-state index contributed by atoms with van der Waals surface area (Å²) in [5, 5.41) is 3.80. The third-order valence-corrected chi connectivity index (χ3v) is 2.66. The van der Waals surface area contributed by atoms with E-state index in [1.54, 1.807) is 12.1 Å². The van der Waals surface area contributed by atoms with Gasteiger partial charge in [-0.2, -0.15) is 5.10 Å². The highest BCUT2D eigenvalue weighted by atomic mass is 79.9. The summed E-state index contributed by atoms with van der Waals surface area (Å²) < 4.78 is 11.7. The molecule has 0 fully saturated rings. The van der Waals surface area contributed by atoms with Gasteiger partial charge in [-0.3, -0.25) is 4.79 Å². The van der Waals surface area contributed by atoms with Gasteiger partial charge in [0.1, 0.15) is 6.61 Å². The largest absolute Gasteiger partial charge is 0.490 e. The van der Waals surface area contributed by atoms with Crippen LogP contribution >= 0.6 is 15.9 Å². The van der Waals surface area contributed by atoms with E-state index in [2.05, 4.69) is 32.4 Å². The molecule has 1 rings (SSSR count). The number of halogens is 1. The lowest BCUT2D eigenvalue weighted by Crippen LogP contribution is -2.12. The van der Waals surface area contributed by atoms with E-state index >= 15 is 0 Å². The van der Waals surface area contributed by atoms with Gasteiger partial charge in [-0.25, -0.2) is 5.43 Å². The number of carbonyl (C=O) groups excluding carboxylic acids is 1. The average molecular weight is 339 g/mol. The van der Waals surface area contributed by atoms with Crippen molar-refractivity contribution in [2.75, 3.05) is 13.2 Å². The highest BCUT2D eigenvalue weighted by Crippen LogP contribution is 2.36. The van der Waals surface area contributed by atoms with Crippen molar-refractivity contribution in [3.8, 4) is 23.8 Å². The molecule has 0 saturated heterocycles. The Balaban J connectivity index is 3.03. The molecule has 0 unspecified atom stereocenters. The number of nitrogens with one attached hydrogen (secondary N) is 1. The Morgan fingerprint density at radius 3 is 2.90 bits per heavy atom. The fourth-order valence-corrected chi connectivity index (χ4v) is 1.95. The third kappa shape index (κ3) is 4.94. The number of benzene rings is 1. The molecule has 0 bridgehead atoms. The molecule has 1 amide bonds. The lowest BCUT2D eigenvalue weighted by molar-refractivity contribution is -0.118. The molecule has 0 aliphatic carbocycles. The first-order valence-electron chi connectivity index (χ1n) is 5.90. The molecule has 20 heavy (non-hydrogen) atoms. The summed E-state index contributed by atoms with van der Waals surface area (Å²) in [5.41, 5.74) is 3.08. The van der Waals surface area contributed by atoms with Gasteiger partial charge in [-0.05, 0) is 40.5 Å². The van der Waals surface area contributed by atoms with Crippen molar-refractivity contribution in [3.63, 3.8) is 0 Å². The van der Waals surface area contributed by atoms with E-state index in [0.717, 1.165) is 5.56 Å². The van der Waals surface area contributed by atoms with Gasteiger partial charge in [0.2, 0.25) is 5.91 Å². The zero-order chi connectivity index (χ0) is 15.0. The van der Waals surface area contributed by atoms with Crippen LogP contribution in [0.25, 0.3) is 0 Å². The SMILES string of the molecule is C#CCOc1c(Br)cc(/C=N/NC(C)=O)cc1OCC. The summed E-state index contributed by atoms with van der Waals surface area (Å²) in [6.07, 6.45) is 6.70. The predicted octanol–water partition coefficient (Wildman–Crippen LogP) is 2.33. The Morgan fingerprint density at radius 2 is 2.30 bits per heavy atom. The van der Waals surface area contributed by atoms with Crippen LogP contribution in [-0.4, -0.2) is 25.3 Å². The second-order valence-electron chi connectivity index (χ2n) is 3.68. The molecule has 0 atom stereocenters. The van der Waals surface area contributed by atoms with Gasteiger partial charge in [-0.15, -0.1) is 6.42 Å². The minimum Gasteiger partial charge on any atom is -0.490 e. The third-order valence-electron chi connectivity index (χ3n) is 2.07. The molecule has 5 nitrogen and oxygen atoms in total. The summed E-state index contributed by atoms with van der Waals surface area (Å²) in [6, 6.07) is 3.55. The normalized spacial score (nSPS) is 10.1. The van der Waals surface area contributed by atoms with E-state index in [0.29, 0.717) is 22.6 Å². The zero-order valence-electron chi connectivity index (χ0n) is 11.3. The Bertz CT molecular complexity index is 550. The van der Waals surface area contributed by atoms with Gasteiger partial charge in [0.15, 0.2) is 11.5 Å². The number of terminal acetylenes is 1. The fraction of sp³-hybridized carbons (Fsp3) is 0.286. The van der Waals surface area contributed by atoms with Crippen molar-refractivity contribution in [1.29, 1.82) is 0 Å². The van der Waals surface area contributed by atoms with E-state index in [9.17, 15) is 4.79 Å². The maximum absolute atomic E-state index is 10.7. The maximum Gasteiger partial charge on any atom is 0.236 e. The minimum absolute atomic E-state index is 0.151. The monoisotopic (exact) mass is 338 g/mol. The van der Waals surface area contributed by atoms with Crippen molar-refractivity contribution < 1.29 is 14.3 Å². The molecule has 0 heterocycles. The lowest BCUT2D eigenvalue weighted by Gasteiger charge is -2.13. The number of carbonyl (C=O) groups is 1. The first kappa shape index (κ1) is 16.1. The number of amides is 1.